The van der Waals surface area contributed by atoms with Gasteiger partial charge in [-0.15, -0.1) is 0 Å². The lowest BCUT2D eigenvalue weighted by Gasteiger charge is -2.39. The summed E-state index contributed by atoms with van der Waals surface area (Å²) < 4.78 is 0. The first-order valence-corrected chi connectivity index (χ1v) is 11.9. The van der Waals surface area contributed by atoms with E-state index in [0.29, 0.717) is 23.8 Å². The van der Waals surface area contributed by atoms with E-state index >= 15 is 0 Å². The number of benzene rings is 2. The van der Waals surface area contributed by atoms with Gasteiger partial charge in [-0.05, 0) is 48.9 Å². The van der Waals surface area contributed by atoms with Gasteiger partial charge in [-0.25, -0.2) is 0 Å². The molecule has 180 valence electrons. The molecule has 0 aromatic heterocycles. The molecule has 4 rings (SSSR count). The Bertz CT molecular complexity index is 1040. The normalized spacial score (nSPS) is 19.0. The molecule has 2 fully saturated rings. The molecule has 2 saturated heterocycles. The van der Waals surface area contributed by atoms with Crippen molar-refractivity contribution in [3.63, 3.8) is 0 Å². The Balaban J connectivity index is 1.32. The lowest BCUT2D eigenvalue weighted by Crippen LogP contribution is -2.60. The van der Waals surface area contributed by atoms with Crippen molar-refractivity contribution in [1.82, 2.24) is 15.1 Å². The van der Waals surface area contributed by atoms with Crippen LogP contribution in [0.1, 0.15) is 12.0 Å². The van der Waals surface area contributed by atoms with Crippen molar-refractivity contribution in [1.29, 1.82) is 0 Å². The van der Waals surface area contributed by atoms with Crippen molar-refractivity contribution >= 4 is 40.7 Å². The Hall–Kier alpha value is -3.10. The summed E-state index contributed by atoms with van der Waals surface area (Å²) in [7, 11) is 0. The van der Waals surface area contributed by atoms with E-state index in [1.807, 2.05) is 49.4 Å². The molecule has 2 aromatic carbocycles. The van der Waals surface area contributed by atoms with Crippen LogP contribution in [-0.2, 0) is 14.4 Å². The molecule has 0 bridgehead atoms. The van der Waals surface area contributed by atoms with Crippen LogP contribution < -0.4 is 15.5 Å². The predicted octanol–water partition coefficient (Wildman–Crippen LogP) is 2.13. The number of amides is 3. The van der Waals surface area contributed by atoms with Crippen molar-refractivity contribution in [2.24, 2.45) is 0 Å². The number of nitrogens with zero attached hydrogens (tertiary/aromatic N) is 3. The second-order valence-corrected chi connectivity index (χ2v) is 9.19. The summed E-state index contributed by atoms with van der Waals surface area (Å²) >= 11 is 5.98. The highest BCUT2D eigenvalue weighted by Crippen LogP contribution is 2.20. The van der Waals surface area contributed by atoms with E-state index in [1.165, 1.54) is 0 Å². The highest BCUT2D eigenvalue weighted by atomic mass is 35.5. The van der Waals surface area contributed by atoms with Gasteiger partial charge in [0, 0.05) is 55.7 Å². The van der Waals surface area contributed by atoms with Crippen molar-refractivity contribution in [2.75, 3.05) is 56.0 Å². The molecule has 34 heavy (non-hydrogen) atoms. The molecular formula is C25H30ClN5O3. The molecule has 0 aliphatic carbocycles. The highest BCUT2D eigenvalue weighted by Gasteiger charge is 2.35. The summed E-state index contributed by atoms with van der Waals surface area (Å²) in [5.74, 6) is -0.697. The Labute approximate surface area is 204 Å². The summed E-state index contributed by atoms with van der Waals surface area (Å²) in [5, 5.41) is 6.33. The van der Waals surface area contributed by atoms with Crippen LogP contribution in [-0.4, -0.2) is 79.4 Å². The summed E-state index contributed by atoms with van der Waals surface area (Å²) in [6.07, 6.45) is -0.0736. The maximum Gasteiger partial charge on any atom is 0.243 e. The number of piperazine rings is 2. The van der Waals surface area contributed by atoms with E-state index in [0.717, 1.165) is 37.4 Å². The summed E-state index contributed by atoms with van der Waals surface area (Å²) in [5.41, 5.74) is 2.82. The molecule has 2 aliphatic heterocycles. The molecule has 2 heterocycles. The van der Waals surface area contributed by atoms with Gasteiger partial charge in [0.1, 0.15) is 6.04 Å². The van der Waals surface area contributed by atoms with E-state index in [4.69, 9.17) is 11.6 Å². The number of nitrogens with one attached hydrogen (secondary N) is 2. The molecule has 2 aliphatic rings. The smallest absolute Gasteiger partial charge is 0.243 e. The van der Waals surface area contributed by atoms with Gasteiger partial charge in [0.25, 0.3) is 0 Å². The van der Waals surface area contributed by atoms with Crippen LogP contribution in [0.2, 0.25) is 5.02 Å². The SMILES string of the molecule is Cc1cccc(NC(=O)C[C@@H]2C(=O)NCCN2C(=O)CN2CCN(c3ccc(Cl)cc3)CC2)c1. The number of halogens is 1. The van der Waals surface area contributed by atoms with Gasteiger partial charge in [0.2, 0.25) is 17.7 Å². The van der Waals surface area contributed by atoms with Crippen LogP contribution in [0.15, 0.2) is 48.5 Å². The lowest BCUT2D eigenvalue weighted by molar-refractivity contribution is -0.145. The first kappa shape index (κ1) is 24.0. The number of anilines is 2. The third kappa shape index (κ3) is 6.07. The molecule has 0 unspecified atom stereocenters. The summed E-state index contributed by atoms with van der Waals surface area (Å²) in [6.45, 7) is 6.07. The Morgan fingerprint density at radius 1 is 1.06 bits per heavy atom. The van der Waals surface area contributed by atoms with E-state index in [2.05, 4.69) is 20.4 Å². The molecule has 9 heteroatoms. The average molecular weight is 484 g/mol. The van der Waals surface area contributed by atoms with Gasteiger partial charge in [0.05, 0.1) is 13.0 Å². The second kappa shape index (κ2) is 10.9. The fourth-order valence-corrected chi connectivity index (χ4v) is 4.55. The van der Waals surface area contributed by atoms with Crippen LogP contribution in [0.25, 0.3) is 0 Å². The number of aryl methyl sites for hydroxylation is 1. The minimum Gasteiger partial charge on any atom is -0.369 e. The topological polar surface area (TPSA) is 85.0 Å². The first-order valence-electron chi connectivity index (χ1n) is 11.6. The van der Waals surface area contributed by atoms with E-state index in [-0.39, 0.29) is 30.7 Å². The summed E-state index contributed by atoms with van der Waals surface area (Å²) in [4.78, 5) is 44.3. The van der Waals surface area contributed by atoms with Crippen LogP contribution in [0.3, 0.4) is 0 Å². The second-order valence-electron chi connectivity index (χ2n) is 8.76. The van der Waals surface area contributed by atoms with Crippen molar-refractivity contribution in [2.45, 2.75) is 19.4 Å². The van der Waals surface area contributed by atoms with E-state index in [9.17, 15) is 14.4 Å². The minimum atomic E-state index is -0.804. The van der Waals surface area contributed by atoms with Crippen LogP contribution >= 0.6 is 11.6 Å². The van der Waals surface area contributed by atoms with E-state index < -0.39 is 6.04 Å². The van der Waals surface area contributed by atoms with Gasteiger partial charge in [-0.3, -0.25) is 19.3 Å². The number of hydrogen-bond donors (Lipinski definition) is 2. The van der Waals surface area contributed by atoms with Crippen molar-refractivity contribution in [3.8, 4) is 0 Å². The maximum atomic E-state index is 13.1. The molecule has 2 N–H and O–H groups in total. The lowest BCUT2D eigenvalue weighted by atomic mass is 10.1. The third-order valence-electron chi connectivity index (χ3n) is 6.25. The number of rotatable bonds is 6. The van der Waals surface area contributed by atoms with Gasteiger partial charge < -0.3 is 20.4 Å². The molecule has 0 radical (unpaired) electrons. The molecule has 3 amide bonds. The first-order chi connectivity index (χ1) is 16.4. The molecule has 1 atom stereocenters. The maximum absolute atomic E-state index is 13.1. The minimum absolute atomic E-state index is 0.0736. The molecule has 2 aromatic rings. The largest absolute Gasteiger partial charge is 0.369 e. The molecule has 8 nitrogen and oxygen atoms in total. The molecular weight excluding hydrogens is 454 g/mol. The molecule has 0 saturated carbocycles. The van der Waals surface area contributed by atoms with Gasteiger partial charge in [-0.2, -0.15) is 0 Å². The van der Waals surface area contributed by atoms with Crippen LogP contribution in [0.5, 0.6) is 0 Å². The van der Waals surface area contributed by atoms with E-state index in [1.54, 1.807) is 11.0 Å². The fraction of sp³-hybridized carbons (Fsp3) is 0.400. The molecule has 0 spiro atoms. The van der Waals surface area contributed by atoms with Gasteiger partial charge in [-0.1, -0.05) is 23.7 Å². The fourth-order valence-electron chi connectivity index (χ4n) is 4.42. The zero-order valence-electron chi connectivity index (χ0n) is 19.3. The average Bonchev–Trinajstić information content (AvgIpc) is 2.81. The van der Waals surface area contributed by atoms with Crippen molar-refractivity contribution in [3.05, 3.63) is 59.1 Å². The zero-order valence-corrected chi connectivity index (χ0v) is 20.1. The Morgan fingerprint density at radius 3 is 2.50 bits per heavy atom. The predicted molar refractivity (Wildman–Crippen MR) is 133 cm³/mol. The number of carbonyl (C=O) groups excluding carboxylic acids is 3. The summed E-state index contributed by atoms with van der Waals surface area (Å²) in [6, 6.07) is 14.4. The number of hydrogen-bond acceptors (Lipinski definition) is 5. The Kier molecular flexibility index (Phi) is 7.70. The van der Waals surface area contributed by atoms with Gasteiger partial charge >= 0.3 is 0 Å². The standard InChI is InChI=1S/C25H30ClN5O3/c1-18-3-2-4-20(15-18)28-23(32)16-22-25(34)27-9-10-31(22)24(33)17-29-11-13-30(14-12-29)21-7-5-19(26)6-8-21/h2-8,15,22H,9-14,16-17H2,1H3,(H,27,34)(H,28,32)/t22-/m1/s1. The van der Waals surface area contributed by atoms with Gasteiger partial charge in [0.15, 0.2) is 0 Å². The highest BCUT2D eigenvalue weighted by molar-refractivity contribution is 6.30. The quantitative estimate of drug-likeness (QED) is 0.657. The van der Waals surface area contributed by atoms with Crippen molar-refractivity contribution < 1.29 is 14.4 Å². The third-order valence-corrected chi connectivity index (χ3v) is 6.51. The number of carbonyl (C=O) groups is 3. The van der Waals surface area contributed by atoms with Crippen LogP contribution in [0, 0.1) is 6.92 Å². The zero-order chi connectivity index (χ0) is 24.1. The Morgan fingerprint density at radius 2 is 1.79 bits per heavy atom. The monoisotopic (exact) mass is 483 g/mol. The van der Waals surface area contributed by atoms with Crippen LogP contribution in [0.4, 0.5) is 11.4 Å².